The van der Waals surface area contributed by atoms with E-state index in [9.17, 15) is 5.11 Å². The van der Waals surface area contributed by atoms with Gasteiger partial charge in [0.05, 0.1) is 6.61 Å². The molecule has 0 unspecified atom stereocenters. The number of hydrogen-bond acceptors (Lipinski definition) is 1. The SMILES string of the molecule is Cc1ccc(C2(C)CCC2)c(CO)c1. The summed E-state index contributed by atoms with van der Waals surface area (Å²) < 4.78 is 0. The average Bonchev–Trinajstić information content (AvgIpc) is 2.14. The molecule has 2 rings (SSSR count). The Kier molecular flexibility index (Phi) is 2.36. The second-order valence-electron chi connectivity index (χ2n) is 4.73. The molecule has 0 radical (unpaired) electrons. The van der Waals surface area contributed by atoms with Gasteiger partial charge in [-0.3, -0.25) is 0 Å². The standard InChI is InChI=1S/C13H18O/c1-10-4-5-12(11(8-10)9-14)13(2)6-3-7-13/h4-5,8,14H,3,6-7,9H2,1-2H3. The van der Waals surface area contributed by atoms with E-state index in [1.165, 1.54) is 30.4 Å². The lowest BCUT2D eigenvalue weighted by Gasteiger charge is -2.40. The zero-order chi connectivity index (χ0) is 10.2. The summed E-state index contributed by atoms with van der Waals surface area (Å²) in [5, 5.41) is 9.33. The van der Waals surface area contributed by atoms with Gasteiger partial charge in [0.25, 0.3) is 0 Å². The summed E-state index contributed by atoms with van der Waals surface area (Å²) in [4.78, 5) is 0. The smallest absolute Gasteiger partial charge is 0.0684 e. The van der Waals surface area contributed by atoms with Crippen LogP contribution < -0.4 is 0 Å². The fourth-order valence-electron chi connectivity index (χ4n) is 2.42. The van der Waals surface area contributed by atoms with Crippen LogP contribution in [-0.4, -0.2) is 5.11 Å². The van der Waals surface area contributed by atoms with E-state index >= 15 is 0 Å². The molecule has 1 N–H and O–H groups in total. The highest BCUT2D eigenvalue weighted by Gasteiger charge is 2.34. The highest BCUT2D eigenvalue weighted by Crippen LogP contribution is 2.44. The molecule has 1 fully saturated rings. The molecule has 0 aromatic heterocycles. The predicted molar refractivity (Wildman–Crippen MR) is 58.3 cm³/mol. The molecule has 0 saturated heterocycles. The molecule has 1 aromatic carbocycles. The Labute approximate surface area is 85.8 Å². The van der Waals surface area contributed by atoms with Crippen LogP contribution in [0.15, 0.2) is 18.2 Å². The van der Waals surface area contributed by atoms with Gasteiger partial charge in [0.15, 0.2) is 0 Å². The minimum atomic E-state index is 0.173. The van der Waals surface area contributed by atoms with Gasteiger partial charge in [0.1, 0.15) is 0 Å². The third kappa shape index (κ3) is 1.46. The van der Waals surface area contributed by atoms with Crippen molar-refractivity contribution >= 4 is 0 Å². The highest BCUT2D eigenvalue weighted by atomic mass is 16.3. The Balaban J connectivity index is 2.41. The lowest BCUT2D eigenvalue weighted by atomic mass is 9.65. The van der Waals surface area contributed by atoms with Gasteiger partial charge in [0, 0.05) is 0 Å². The summed E-state index contributed by atoms with van der Waals surface area (Å²) in [6.07, 6.45) is 3.86. The molecule has 0 bridgehead atoms. The van der Waals surface area contributed by atoms with Crippen molar-refractivity contribution in [1.82, 2.24) is 0 Å². The van der Waals surface area contributed by atoms with Gasteiger partial charge in [-0.25, -0.2) is 0 Å². The first-order valence-corrected chi connectivity index (χ1v) is 5.36. The Bertz CT molecular complexity index is 337. The van der Waals surface area contributed by atoms with Gasteiger partial charge in [-0.1, -0.05) is 37.1 Å². The molecule has 1 heteroatoms. The maximum Gasteiger partial charge on any atom is 0.0684 e. The Morgan fingerprint density at radius 2 is 2.07 bits per heavy atom. The van der Waals surface area contributed by atoms with Crippen LogP contribution >= 0.6 is 0 Å². The molecule has 1 aliphatic rings. The number of aliphatic hydroxyl groups is 1. The highest BCUT2D eigenvalue weighted by molar-refractivity contribution is 5.37. The molecule has 14 heavy (non-hydrogen) atoms. The maximum atomic E-state index is 9.33. The van der Waals surface area contributed by atoms with Gasteiger partial charge < -0.3 is 5.11 Å². The number of benzene rings is 1. The van der Waals surface area contributed by atoms with E-state index in [0.29, 0.717) is 5.41 Å². The summed E-state index contributed by atoms with van der Waals surface area (Å²) in [6.45, 7) is 4.55. The van der Waals surface area contributed by atoms with Crippen LogP contribution in [0.3, 0.4) is 0 Å². The van der Waals surface area contributed by atoms with E-state index in [4.69, 9.17) is 0 Å². The minimum absolute atomic E-state index is 0.173. The lowest BCUT2D eigenvalue weighted by Crippen LogP contribution is -2.31. The van der Waals surface area contributed by atoms with E-state index in [0.717, 1.165) is 5.56 Å². The number of aliphatic hydroxyl groups excluding tert-OH is 1. The summed E-state index contributed by atoms with van der Waals surface area (Å²) >= 11 is 0. The van der Waals surface area contributed by atoms with Gasteiger partial charge in [0.2, 0.25) is 0 Å². The second kappa shape index (κ2) is 3.39. The third-order valence-corrected chi connectivity index (χ3v) is 3.54. The zero-order valence-corrected chi connectivity index (χ0v) is 9.01. The van der Waals surface area contributed by atoms with E-state index in [2.05, 4.69) is 32.0 Å². The second-order valence-corrected chi connectivity index (χ2v) is 4.73. The van der Waals surface area contributed by atoms with E-state index in [-0.39, 0.29) is 6.61 Å². The molecule has 0 spiro atoms. The summed E-state index contributed by atoms with van der Waals surface area (Å²) in [5.41, 5.74) is 4.05. The first-order chi connectivity index (χ1) is 6.65. The summed E-state index contributed by atoms with van der Waals surface area (Å²) in [7, 11) is 0. The number of aryl methyl sites for hydroxylation is 1. The van der Waals surface area contributed by atoms with Crippen molar-refractivity contribution < 1.29 is 5.11 Å². The quantitative estimate of drug-likeness (QED) is 0.760. The van der Waals surface area contributed by atoms with E-state index in [1.807, 2.05) is 0 Å². The number of rotatable bonds is 2. The molecule has 1 saturated carbocycles. The fraction of sp³-hybridized carbons (Fsp3) is 0.538. The maximum absolute atomic E-state index is 9.33. The van der Waals surface area contributed by atoms with E-state index in [1.54, 1.807) is 0 Å². The monoisotopic (exact) mass is 190 g/mol. The average molecular weight is 190 g/mol. The Morgan fingerprint density at radius 3 is 2.57 bits per heavy atom. The normalized spacial score (nSPS) is 19.1. The van der Waals surface area contributed by atoms with Crippen molar-refractivity contribution in [1.29, 1.82) is 0 Å². The lowest BCUT2D eigenvalue weighted by molar-refractivity contribution is 0.249. The van der Waals surface area contributed by atoms with Gasteiger partial charge in [-0.05, 0) is 36.3 Å². The molecule has 76 valence electrons. The van der Waals surface area contributed by atoms with Crippen LogP contribution in [0.2, 0.25) is 0 Å². The Morgan fingerprint density at radius 1 is 1.36 bits per heavy atom. The van der Waals surface area contributed by atoms with Gasteiger partial charge in [-0.15, -0.1) is 0 Å². The molecule has 0 heterocycles. The van der Waals surface area contributed by atoms with Crippen LogP contribution in [-0.2, 0) is 12.0 Å². The van der Waals surface area contributed by atoms with Crippen LogP contribution in [0.25, 0.3) is 0 Å². The zero-order valence-electron chi connectivity index (χ0n) is 9.01. The van der Waals surface area contributed by atoms with Crippen molar-refractivity contribution in [2.24, 2.45) is 0 Å². The molecule has 1 aromatic rings. The molecular weight excluding hydrogens is 172 g/mol. The minimum Gasteiger partial charge on any atom is -0.392 e. The molecule has 1 aliphatic carbocycles. The largest absolute Gasteiger partial charge is 0.392 e. The van der Waals surface area contributed by atoms with Crippen molar-refractivity contribution in [2.45, 2.75) is 45.1 Å². The van der Waals surface area contributed by atoms with Crippen LogP contribution in [0.1, 0.15) is 42.9 Å². The molecule has 0 amide bonds. The van der Waals surface area contributed by atoms with Crippen molar-refractivity contribution in [3.05, 3.63) is 34.9 Å². The van der Waals surface area contributed by atoms with E-state index < -0.39 is 0 Å². The summed E-state index contributed by atoms with van der Waals surface area (Å²) in [5.74, 6) is 0. The molecule has 1 nitrogen and oxygen atoms in total. The predicted octanol–water partition coefficient (Wildman–Crippen LogP) is 2.93. The van der Waals surface area contributed by atoms with Crippen LogP contribution in [0, 0.1) is 6.92 Å². The molecule has 0 aliphatic heterocycles. The topological polar surface area (TPSA) is 20.2 Å². The summed E-state index contributed by atoms with van der Waals surface area (Å²) in [6, 6.07) is 6.46. The first kappa shape index (κ1) is 9.72. The first-order valence-electron chi connectivity index (χ1n) is 5.36. The van der Waals surface area contributed by atoms with Gasteiger partial charge >= 0.3 is 0 Å². The van der Waals surface area contributed by atoms with Crippen LogP contribution in [0.5, 0.6) is 0 Å². The third-order valence-electron chi connectivity index (χ3n) is 3.54. The van der Waals surface area contributed by atoms with Crippen molar-refractivity contribution in [3.63, 3.8) is 0 Å². The number of hydrogen-bond donors (Lipinski definition) is 1. The van der Waals surface area contributed by atoms with Crippen molar-refractivity contribution in [3.8, 4) is 0 Å². The van der Waals surface area contributed by atoms with Gasteiger partial charge in [-0.2, -0.15) is 0 Å². The molecule has 0 atom stereocenters. The molecular formula is C13H18O. The van der Waals surface area contributed by atoms with Crippen LogP contribution in [0.4, 0.5) is 0 Å². The van der Waals surface area contributed by atoms with Crippen molar-refractivity contribution in [2.75, 3.05) is 0 Å². The Hall–Kier alpha value is -0.820. The fourth-order valence-corrected chi connectivity index (χ4v) is 2.42.